The quantitative estimate of drug-likeness (QED) is 0.443. The van der Waals surface area contributed by atoms with Crippen molar-refractivity contribution in [1.29, 1.82) is 0 Å². The largest absolute Gasteiger partial charge is 0.461 e. The monoisotopic (exact) mass is 400 g/mol. The van der Waals surface area contributed by atoms with Crippen LogP contribution in [0.2, 0.25) is 10.6 Å². The molecular formula is C20H18Cl2N4O. The van der Waals surface area contributed by atoms with E-state index >= 15 is 0 Å². The average Bonchev–Trinajstić information content (AvgIpc) is 2.63. The van der Waals surface area contributed by atoms with Crippen molar-refractivity contribution in [1.82, 2.24) is 15.0 Å². The normalized spacial score (nSPS) is 10.5. The van der Waals surface area contributed by atoms with Crippen LogP contribution in [0.5, 0.6) is 6.01 Å². The number of nitrogens with zero attached hydrogens (tertiary/aromatic N) is 4. The Kier molecular flexibility index (Phi) is 6.37. The molecule has 0 aliphatic heterocycles. The number of ether oxygens (including phenoxy) is 1. The first-order valence-corrected chi connectivity index (χ1v) is 9.15. The predicted molar refractivity (Wildman–Crippen MR) is 108 cm³/mol. The van der Waals surface area contributed by atoms with Gasteiger partial charge in [0.25, 0.3) is 0 Å². The SMILES string of the molecule is Cc1ccc(C(=NCCOc2nc(Cl)nc(Cl)n2)c2ccc(C)cc2)cc1. The van der Waals surface area contributed by atoms with E-state index < -0.39 is 0 Å². The van der Waals surface area contributed by atoms with Gasteiger partial charge in [-0.25, -0.2) is 0 Å². The van der Waals surface area contributed by atoms with E-state index in [1.165, 1.54) is 11.1 Å². The molecular weight excluding hydrogens is 383 g/mol. The average molecular weight is 401 g/mol. The molecule has 3 rings (SSSR count). The van der Waals surface area contributed by atoms with Crippen LogP contribution in [-0.4, -0.2) is 33.8 Å². The summed E-state index contributed by atoms with van der Waals surface area (Å²) in [7, 11) is 0. The minimum absolute atomic E-state index is 0.00602. The molecule has 0 saturated carbocycles. The molecule has 0 unspecified atom stereocenters. The Morgan fingerprint density at radius 3 is 1.78 bits per heavy atom. The molecule has 0 atom stereocenters. The van der Waals surface area contributed by atoms with Crippen LogP contribution in [0.3, 0.4) is 0 Å². The second kappa shape index (κ2) is 8.93. The van der Waals surface area contributed by atoms with Crippen molar-refractivity contribution < 1.29 is 4.74 Å². The highest BCUT2D eigenvalue weighted by atomic mass is 35.5. The third-order valence-electron chi connectivity index (χ3n) is 3.80. The Morgan fingerprint density at radius 1 is 0.815 bits per heavy atom. The molecule has 0 radical (unpaired) electrons. The lowest BCUT2D eigenvalue weighted by molar-refractivity contribution is 0.301. The highest BCUT2D eigenvalue weighted by molar-refractivity contribution is 6.31. The summed E-state index contributed by atoms with van der Waals surface area (Å²) in [6.45, 7) is 4.84. The second-order valence-electron chi connectivity index (χ2n) is 5.97. The zero-order valence-corrected chi connectivity index (χ0v) is 16.5. The van der Waals surface area contributed by atoms with Crippen molar-refractivity contribution in [3.8, 4) is 6.01 Å². The summed E-state index contributed by atoms with van der Waals surface area (Å²) in [5.74, 6) is 0. The number of hydrogen-bond acceptors (Lipinski definition) is 5. The van der Waals surface area contributed by atoms with Crippen LogP contribution in [-0.2, 0) is 0 Å². The van der Waals surface area contributed by atoms with Gasteiger partial charge in [-0.05, 0) is 37.0 Å². The van der Waals surface area contributed by atoms with Gasteiger partial charge in [0, 0.05) is 11.1 Å². The zero-order valence-electron chi connectivity index (χ0n) is 15.0. The maximum atomic E-state index is 5.74. The van der Waals surface area contributed by atoms with Gasteiger partial charge in [0.15, 0.2) is 0 Å². The van der Waals surface area contributed by atoms with E-state index in [1.54, 1.807) is 0 Å². The smallest absolute Gasteiger partial charge is 0.322 e. The first kappa shape index (κ1) is 19.3. The van der Waals surface area contributed by atoms with E-state index in [1.807, 2.05) is 0 Å². The predicted octanol–water partition coefficient (Wildman–Crippen LogP) is 4.71. The van der Waals surface area contributed by atoms with Gasteiger partial charge in [0.2, 0.25) is 10.6 Å². The highest BCUT2D eigenvalue weighted by Crippen LogP contribution is 2.14. The Bertz CT molecular complexity index is 873. The summed E-state index contributed by atoms with van der Waals surface area (Å²) < 4.78 is 5.49. The zero-order chi connectivity index (χ0) is 19.2. The van der Waals surface area contributed by atoms with Gasteiger partial charge in [-0.3, -0.25) is 4.99 Å². The third kappa shape index (κ3) is 5.49. The van der Waals surface area contributed by atoms with Crippen LogP contribution in [0.25, 0.3) is 0 Å². The molecule has 1 heterocycles. The van der Waals surface area contributed by atoms with E-state index in [4.69, 9.17) is 32.9 Å². The molecule has 0 saturated heterocycles. The van der Waals surface area contributed by atoms with E-state index in [2.05, 4.69) is 77.3 Å². The standard InChI is InChI=1S/C20H18Cl2N4O/c1-13-3-7-15(8-4-13)17(16-9-5-14(2)6-10-16)23-11-12-27-20-25-18(21)24-19(22)26-20/h3-10H,11-12H2,1-2H3. The van der Waals surface area contributed by atoms with E-state index in [9.17, 15) is 0 Å². The van der Waals surface area contributed by atoms with Crippen molar-refractivity contribution in [2.75, 3.05) is 13.2 Å². The van der Waals surface area contributed by atoms with Crippen LogP contribution < -0.4 is 4.74 Å². The maximum Gasteiger partial charge on any atom is 0.322 e. The fraction of sp³-hybridized carbons (Fsp3) is 0.200. The second-order valence-corrected chi connectivity index (χ2v) is 6.64. The fourth-order valence-corrected chi connectivity index (χ4v) is 2.79. The summed E-state index contributed by atoms with van der Waals surface area (Å²) in [6, 6.07) is 16.7. The molecule has 3 aromatic rings. The van der Waals surface area contributed by atoms with Crippen LogP contribution in [0.15, 0.2) is 53.5 Å². The summed E-state index contributed by atoms with van der Waals surface area (Å²) in [6.07, 6.45) is 0. The van der Waals surface area contributed by atoms with Crippen LogP contribution >= 0.6 is 23.2 Å². The Labute approximate surface area is 168 Å². The minimum atomic E-state index is -0.00602. The van der Waals surface area contributed by atoms with Crippen molar-refractivity contribution in [2.24, 2.45) is 4.99 Å². The fourth-order valence-electron chi connectivity index (χ4n) is 2.44. The number of benzene rings is 2. The molecule has 5 nitrogen and oxygen atoms in total. The molecule has 27 heavy (non-hydrogen) atoms. The maximum absolute atomic E-state index is 5.74. The summed E-state index contributed by atoms with van der Waals surface area (Å²) in [5, 5.41) is -0.0120. The van der Waals surface area contributed by atoms with Crippen molar-refractivity contribution in [3.63, 3.8) is 0 Å². The molecule has 0 aliphatic carbocycles. The Hall–Kier alpha value is -2.50. The van der Waals surface area contributed by atoms with Gasteiger partial charge >= 0.3 is 6.01 Å². The van der Waals surface area contributed by atoms with Crippen LogP contribution in [0.1, 0.15) is 22.3 Å². The lowest BCUT2D eigenvalue weighted by Gasteiger charge is -2.09. The lowest BCUT2D eigenvalue weighted by Crippen LogP contribution is -2.09. The van der Waals surface area contributed by atoms with Gasteiger partial charge in [-0.1, -0.05) is 59.7 Å². The molecule has 0 bridgehead atoms. The Balaban J connectivity index is 1.77. The molecule has 2 aromatic carbocycles. The summed E-state index contributed by atoms with van der Waals surface area (Å²) >= 11 is 11.5. The molecule has 0 aliphatic rings. The number of hydrogen-bond donors (Lipinski definition) is 0. The number of rotatable bonds is 6. The first-order chi connectivity index (χ1) is 13.0. The first-order valence-electron chi connectivity index (χ1n) is 8.39. The van der Waals surface area contributed by atoms with Crippen LogP contribution in [0.4, 0.5) is 0 Å². The molecule has 0 spiro atoms. The van der Waals surface area contributed by atoms with E-state index in [0.29, 0.717) is 6.54 Å². The van der Waals surface area contributed by atoms with Crippen LogP contribution in [0, 0.1) is 13.8 Å². The van der Waals surface area contributed by atoms with Gasteiger partial charge in [0.1, 0.15) is 6.61 Å². The van der Waals surface area contributed by atoms with Gasteiger partial charge in [0.05, 0.1) is 12.3 Å². The molecule has 1 aromatic heterocycles. The number of aliphatic imine (C=N–C) groups is 1. The number of aromatic nitrogens is 3. The lowest BCUT2D eigenvalue weighted by atomic mass is 10.0. The molecule has 0 fully saturated rings. The summed E-state index contributed by atoms with van der Waals surface area (Å²) in [4.78, 5) is 16.2. The molecule has 0 N–H and O–H groups in total. The summed E-state index contributed by atoms with van der Waals surface area (Å²) in [5.41, 5.74) is 5.42. The highest BCUT2D eigenvalue weighted by Gasteiger charge is 2.08. The van der Waals surface area contributed by atoms with E-state index in [0.717, 1.165) is 16.8 Å². The van der Waals surface area contributed by atoms with Crippen molar-refractivity contribution in [2.45, 2.75) is 13.8 Å². The van der Waals surface area contributed by atoms with Gasteiger partial charge in [-0.2, -0.15) is 15.0 Å². The third-order valence-corrected chi connectivity index (χ3v) is 4.14. The minimum Gasteiger partial charge on any atom is -0.461 e. The number of halogens is 2. The topological polar surface area (TPSA) is 60.3 Å². The number of aryl methyl sites for hydroxylation is 2. The molecule has 0 amide bonds. The van der Waals surface area contributed by atoms with Crippen molar-refractivity contribution in [3.05, 3.63) is 81.4 Å². The van der Waals surface area contributed by atoms with Crippen molar-refractivity contribution >= 4 is 28.9 Å². The molecule has 138 valence electrons. The molecule has 7 heteroatoms. The van der Waals surface area contributed by atoms with Gasteiger partial charge in [-0.15, -0.1) is 0 Å². The van der Waals surface area contributed by atoms with E-state index in [-0.39, 0.29) is 23.2 Å². The van der Waals surface area contributed by atoms with Gasteiger partial charge < -0.3 is 4.74 Å². The Morgan fingerprint density at radius 2 is 1.30 bits per heavy atom.